The zero-order valence-corrected chi connectivity index (χ0v) is 13.3. The normalized spacial score (nSPS) is 10.5. The molecule has 110 valence electrons. The second-order valence-corrected chi connectivity index (χ2v) is 5.50. The molecule has 0 amide bonds. The third-order valence-corrected chi connectivity index (χ3v) is 3.59. The van der Waals surface area contributed by atoms with E-state index in [9.17, 15) is 4.79 Å². The molecular weight excluding hydrogens is 372 g/mol. The van der Waals surface area contributed by atoms with Gasteiger partial charge in [-0.25, -0.2) is 19.4 Å². The molecule has 0 bridgehead atoms. The summed E-state index contributed by atoms with van der Waals surface area (Å²) in [7, 11) is 0. The van der Waals surface area contributed by atoms with E-state index >= 15 is 0 Å². The lowest BCUT2D eigenvalue weighted by Crippen LogP contribution is -2.10. The van der Waals surface area contributed by atoms with Crippen LogP contribution in [0.2, 0.25) is 5.02 Å². The van der Waals surface area contributed by atoms with Crippen molar-refractivity contribution >= 4 is 33.5 Å². The largest absolute Gasteiger partial charge is 0.422 e. The van der Waals surface area contributed by atoms with E-state index in [4.69, 9.17) is 16.3 Å². The topological polar surface area (TPSA) is 69.9 Å². The van der Waals surface area contributed by atoms with Crippen LogP contribution in [0.4, 0.5) is 0 Å². The summed E-state index contributed by atoms with van der Waals surface area (Å²) in [5, 5.41) is 4.51. The first kappa shape index (κ1) is 14.7. The first-order chi connectivity index (χ1) is 10.6. The van der Waals surface area contributed by atoms with Gasteiger partial charge < -0.3 is 4.74 Å². The molecule has 6 nitrogen and oxygen atoms in total. The molecule has 3 aromatic rings. The summed E-state index contributed by atoms with van der Waals surface area (Å²) in [6.45, 7) is 0. The van der Waals surface area contributed by atoms with Crippen LogP contribution < -0.4 is 4.74 Å². The molecule has 0 spiro atoms. The summed E-state index contributed by atoms with van der Waals surface area (Å²) in [5.41, 5.74) is 0.349. The number of hydrogen-bond acceptors (Lipinski definition) is 5. The number of hydrogen-bond donors (Lipinski definition) is 0. The minimum Gasteiger partial charge on any atom is -0.422 e. The van der Waals surface area contributed by atoms with Gasteiger partial charge in [0.05, 0.1) is 10.0 Å². The van der Waals surface area contributed by atoms with Crippen LogP contribution in [0.3, 0.4) is 0 Å². The summed E-state index contributed by atoms with van der Waals surface area (Å²) >= 11 is 9.15. The number of rotatable bonds is 3. The van der Waals surface area contributed by atoms with Crippen molar-refractivity contribution in [3.8, 4) is 11.6 Å². The molecule has 0 aliphatic carbocycles. The second kappa shape index (κ2) is 6.25. The maximum absolute atomic E-state index is 12.2. The van der Waals surface area contributed by atoms with Crippen LogP contribution in [0.5, 0.6) is 5.75 Å². The van der Waals surface area contributed by atoms with Gasteiger partial charge in [0.25, 0.3) is 0 Å². The van der Waals surface area contributed by atoms with Gasteiger partial charge in [-0.2, -0.15) is 5.10 Å². The zero-order chi connectivity index (χ0) is 15.5. The fourth-order valence-electron chi connectivity index (χ4n) is 1.71. The van der Waals surface area contributed by atoms with Gasteiger partial charge in [0.1, 0.15) is 18.4 Å². The highest BCUT2D eigenvalue weighted by Gasteiger charge is 2.13. The molecule has 1 aromatic carbocycles. The number of halogens is 2. The molecule has 0 aliphatic rings. The molecule has 22 heavy (non-hydrogen) atoms. The zero-order valence-electron chi connectivity index (χ0n) is 11.0. The van der Waals surface area contributed by atoms with Crippen molar-refractivity contribution in [1.82, 2.24) is 19.7 Å². The Bertz CT molecular complexity index is 823. The standard InChI is InChI=1S/C14H8BrClN4O2/c15-11-6-10(16)1-2-12(11)22-14(21)9-3-4-18-13(5-9)20-8-17-7-19-20/h1-8H. The van der Waals surface area contributed by atoms with Crippen molar-refractivity contribution in [2.75, 3.05) is 0 Å². The number of benzene rings is 1. The maximum Gasteiger partial charge on any atom is 0.343 e. The summed E-state index contributed by atoms with van der Waals surface area (Å²) < 4.78 is 7.39. The molecule has 0 fully saturated rings. The lowest BCUT2D eigenvalue weighted by atomic mass is 10.2. The van der Waals surface area contributed by atoms with E-state index < -0.39 is 5.97 Å². The van der Waals surface area contributed by atoms with Crippen molar-refractivity contribution in [2.24, 2.45) is 0 Å². The number of esters is 1. The van der Waals surface area contributed by atoms with Crippen molar-refractivity contribution < 1.29 is 9.53 Å². The molecule has 2 heterocycles. The predicted molar refractivity (Wildman–Crippen MR) is 83.3 cm³/mol. The molecular formula is C14H8BrClN4O2. The first-order valence-corrected chi connectivity index (χ1v) is 7.29. The van der Waals surface area contributed by atoms with Crippen molar-refractivity contribution in [2.45, 2.75) is 0 Å². The van der Waals surface area contributed by atoms with Gasteiger partial charge in [0.15, 0.2) is 5.82 Å². The van der Waals surface area contributed by atoms with Crippen molar-refractivity contribution in [3.63, 3.8) is 0 Å². The Kier molecular flexibility index (Phi) is 4.17. The Morgan fingerprint density at radius 2 is 2.14 bits per heavy atom. The Morgan fingerprint density at radius 3 is 2.86 bits per heavy atom. The van der Waals surface area contributed by atoms with E-state index in [1.807, 2.05) is 0 Å². The molecule has 0 radical (unpaired) electrons. The van der Waals surface area contributed by atoms with Gasteiger partial charge in [-0.05, 0) is 46.3 Å². The predicted octanol–water partition coefficient (Wildman–Crippen LogP) is 3.30. The van der Waals surface area contributed by atoms with Gasteiger partial charge >= 0.3 is 5.97 Å². The van der Waals surface area contributed by atoms with Gasteiger partial charge in [-0.15, -0.1) is 0 Å². The number of ether oxygens (including phenoxy) is 1. The van der Waals surface area contributed by atoms with Gasteiger partial charge in [0.2, 0.25) is 0 Å². The molecule has 0 aliphatic heterocycles. The van der Waals surface area contributed by atoms with E-state index in [0.29, 0.717) is 26.6 Å². The van der Waals surface area contributed by atoms with Crippen LogP contribution in [-0.4, -0.2) is 25.7 Å². The van der Waals surface area contributed by atoms with Gasteiger partial charge in [-0.3, -0.25) is 0 Å². The highest BCUT2D eigenvalue weighted by Crippen LogP contribution is 2.28. The average Bonchev–Trinajstić information content (AvgIpc) is 3.04. The number of carbonyl (C=O) groups excluding carboxylic acids is 1. The van der Waals surface area contributed by atoms with E-state index in [0.717, 1.165) is 0 Å². The molecule has 0 saturated carbocycles. The minimum absolute atomic E-state index is 0.349. The molecule has 0 atom stereocenters. The Balaban J connectivity index is 1.85. The number of aromatic nitrogens is 4. The lowest BCUT2D eigenvalue weighted by Gasteiger charge is -2.07. The number of pyridine rings is 1. The Morgan fingerprint density at radius 1 is 1.27 bits per heavy atom. The van der Waals surface area contributed by atoms with E-state index in [1.165, 1.54) is 23.5 Å². The Labute approximate surface area is 138 Å². The third-order valence-electron chi connectivity index (χ3n) is 2.73. The van der Waals surface area contributed by atoms with Crippen LogP contribution in [0.25, 0.3) is 5.82 Å². The van der Waals surface area contributed by atoms with Crippen molar-refractivity contribution in [1.29, 1.82) is 0 Å². The quantitative estimate of drug-likeness (QED) is 0.516. The monoisotopic (exact) mass is 378 g/mol. The smallest absolute Gasteiger partial charge is 0.343 e. The molecule has 2 aromatic heterocycles. The second-order valence-electron chi connectivity index (χ2n) is 4.21. The van der Waals surface area contributed by atoms with Crippen LogP contribution in [0.15, 0.2) is 53.7 Å². The van der Waals surface area contributed by atoms with Crippen LogP contribution in [-0.2, 0) is 0 Å². The van der Waals surface area contributed by atoms with E-state index in [1.54, 1.807) is 30.3 Å². The maximum atomic E-state index is 12.2. The van der Waals surface area contributed by atoms with Crippen LogP contribution >= 0.6 is 27.5 Å². The number of nitrogens with zero attached hydrogens (tertiary/aromatic N) is 4. The SMILES string of the molecule is O=C(Oc1ccc(Cl)cc1Br)c1ccnc(-n2cncn2)c1. The molecule has 0 N–H and O–H groups in total. The van der Waals surface area contributed by atoms with E-state index in [-0.39, 0.29) is 0 Å². The molecule has 8 heteroatoms. The van der Waals surface area contributed by atoms with Gasteiger partial charge in [0, 0.05) is 11.2 Å². The molecule has 3 rings (SSSR count). The highest BCUT2D eigenvalue weighted by molar-refractivity contribution is 9.10. The van der Waals surface area contributed by atoms with Gasteiger partial charge in [-0.1, -0.05) is 11.6 Å². The van der Waals surface area contributed by atoms with Crippen LogP contribution in [0.1, 0.15) is 10.4 Å². The first-order valence-electron chi connectivity index (χ1n) is 6.12. The molecule has 0 saturated heterocycles. The fraction of sp³-hybridized carbons (Fsp3) is 0. The summed E-state index contributed by atoms with van der Waals surface area (Å²) in [6.07, 6.45) is 4.38. The van der Waals surface area contributed by atoms with Crippen LogP contribution in [0, 0.1) is 0 Å². The minimum atomic E-state index is -0.508. The average molecular weight is 380 g/mol. The summed E-state index contributed by atoms with van der Waals surface area (Å²) in [5.74, 6) is 0.349. The summed E-state index contributed by atoms with van der Waals surface area (Å²) in [6, 6.07) is 8.04. The van der Waals surface area contributed by atoms with Crippen molar-refractivity contribution in [3.05, 3.63) is 64.2 Å². The van der Waals surface area contributed by atoms with E-state index in [2.05, 4.69) is 31.0 Å². The summed E-state index contributed by atoms with van der Waals surface area (Å²) in [4.78, 5) is 20.2. The number of carbonyl (C=O) groups is 1. The fourth-order valence-corrected chi connectivity index (χ4v) is 2.48. The highest BCUT2D eigenvalue weighted by atomic mass is 79.9. The molecule has 0 unspecified atom stereocenters. The lowest BCUT2D eigenvalue weighted by molar-refractivity contribution is 0.0733. The Hall–Kier alpha value is -2.25. The third kappa shape index (κ3) is 3.15.